The molecule has 0 spiro atoms. The number of hydrogen-bond donors (Lipinski definition) is 2. The summed E-state index contributed by atoms with van der Waals surface area (Å²) in [5.74, 6) is -0.0516. The fourth-order valence-electron chi connectivity index (χ4n) is 1.73. The number of amides is 1. The number of carbonyl (C=O) groups excluding carboxylic acids is 1. The molecule has 0 saturated heterocycles. The maximum absolute atomic E-state index is 11.3. The normalized spacial score (nSPS) is 10.5. The molecular weight excluding hydrogens is 190 g/mol. The molecule has 0 bridgehead atoms. The van der Waals surface area contributed by atoms with Crippen LogP contribution in [-0.4, -0.2) is 10.9 Å². The first-order chi connectivity index (χ1) is 7.11. The molecule has 2 rings (SSSR count). The molecule has 1 amide bonds. The Bertz CT molecular complexity index is 549. The molecule has 0 aliphatic heterocycles. The van der Waals surface area contributed by atoms with Crippen LogP contribution in [-0.2, 0) is 0 Å². The van der Waals surface area contributed by atoms with Crippen molar-refractivity contribution in [3.05, 3.63) is 35.5 Å². The standard InChI is InChI=1S/C11H11N3O/c1-6-9(11(13)15)7-4-2-3-5-8(7)10(12)14-6/h2-5H,1H3,(H2,12,14)(H2,13,15). The van der Waals surface area contributed by atoms with Gasteiger partial charge in [0.15, 0.2) is 0 Å². The predicted molar refractivity (Wildman–Crippen MR) is 59.4 cm³/mol. The molecule has 1 aromatic carbocycles. The molecule has 4 heteroatoms. The molecule has 76 valence electrons. The van der Waals surface area contributed by atoms with Crippen LogP contribution in [0, 0.1) is 6.92 Å². The smallest absolute Gasteiger partial charge is 0.251 e. The van der Waals surface area contributed by atoms with E-state index in [4.69, 9.17) is 11.5 Å². The van der Waals surface area contributed by atoms with Crippen LogP contribution in [0.3, 0.4) is 0 Å². The van der Waals surface area contributed by atoms with E-state index in [1.54, 1.807) is 6.92 Å². The Kier molecular flexibility index (Phi) is 2.04. The van der Waals surface area contributed by atoms with Gasteiger partial charge in [0.25, 0.3) is 5.91 Å². The van der Waals surface area contributed by atoms with Crippen molar-refractivity contribution in [3.8, 4) is 0 Å². The molecule has 1 aromatic heterocycles. The molecule has 15 heavy (non-hydrogen) atoms. The maximum Gasteiger partial charge on any atom is 0.251 e. The second-order valence-electron chi connectivity index (χ2n) is 3.37. The number of nitrogens with zero attached hydrogens (tertiary/aromatic N) is 1. The zero-order valence-electron chi connectivity index (χ0n) is 8.32. The van der Waals surface area contributed by atoms with Gasteiger partial charge in [-0.1, -0.05) is 24.3 Å². The van der Waals surface area contributed by atoms with Crippen LogP contribution in [0.1, 0.15) is 16.1 Å². The van der Waals surface area contributed by atoms with Crippen molar-refractivity contribution in [2.75, 3.05) is 5.73 Å². The molecule has 0 aliphatic carbocycles. The van der Waals surface area contributed by atoms with E-state index in [1.807, 2.05) is 24.3 Å². The highest BCUT2D eigenvalue weighted by molar-refractivity contribution is 6.09. The van der Waals surface area contributed by atoms with Gasteiger partial charge in [0.05, 0.1) is 11.3 Å². The summed E-state index contributed by atoms with van der Waals surface area (Å²) in [6.07, 6.45) is 0. The van der Waals surface area contributed by atoms with Crippen LogP contribution < -0.4 is 11.5 Å². The summed E-state index contributed by atoms with van der Waals surface area (Å²) in [4.78, 5) is 15.4. The van der Waals surface area contributed by atoms with Crippen LogP contribution in [0.2, 0.25) is 0 Å². The second kappa shape index (κ2) is 3.24. The Balaban J connectivity index is 2.96. The Morgan fingerprint density at radius 2 is 1.87 bits per heavy atom. The van der Waals surface area contributed by atoms with Crippen molar-refractivity contribution in [3.63, 3.8) is 0 Å². The SMILES string of the molecule is Cc1nc(N)c2ccccc2c1C(N)=O. The van der Waals surface area contributed by atoms with Gasteiger partial charge in [0.2, 0.25) is 0 Å². The van der Waals surface area contributed by atoms with Gasteiger partial charge < -0.3 is 11.5 Å². The Morgan fingerprint density at radius 1 is 1.27 bits per heavy atom. The second-order valence-corrected chi connectivity index (χ2v) is 3.37. The number of benzene rings is 1. The molecule has 4 N–H and O–H groups in total. The topological polar surface area (TPSA) is 82.0 Å². The van der Waals surface area contributed by atoms with Crippen LogP contribution in [0.4, 0.5) is 5.82 Å². The van der Waals surface area contributed by atoms with Crippen molar-refractivity contribution in [1.82, 2.24) is 4.98 Å². The van der Waals surface area contributed by atoms with Gasteiger partial charge in [-0.05, 0) is 12.3 Å². The lowest BCUT2D eigenvalue weighted by molar-refractivity contribution is 0.100. The van der Waals surface area contributed by atoms with Gasteiger partial charge in [0, 0.05) is 5.39 Å². The number of aromatic nitrogens is 1. The van der Waals surface area contributed by atoms with E-state index in [-0.39, 0.29) is 0 Å². The monoisotopic (exact) mass is 201 g/mol. The summed E-state index contributed by atoms with van der Waals surface area (Å²) in [7, 11) is 0. The van der Waals surface area contributed by atoms with E-state index in [2.05, 4.69) is 4.98 Å². The van der Waals surface area contributed by atoms with Crippen LogP contribution in [0.15, 0.2) is 24.3 Å². The number of aryl methyl sites for hydroxylation is 1. The Morgan fingerprint density at radius 3 is 2.47 bits per heavy atom. The molecule has 0 unspecified atom stereocenters. The Hall–Kier alpha value is -2.10. The maximum atomic E-state index is 11.3. The lowest BCUT2D eigenvalue weighted by atomic mass is 10.0. The number of nitrogen functional groups attached to an aromatic ring is 1. The van der Waals surface area contributed by atoms with Gasteiger partial charge in [0.1, 0.15) is 5.82 Å². The van der Waals surface area contributed by atoms with Crippen LogP contribution in [0.25, 0.3) is 10.8 Å². The number of nitrogens with two attached hydrogens (primary N) is 2. The first-order valence-electron chi connectivity index (χ1n) is 4.56. The predicted octanol–water partition coefficient (Wildman–Crippen LogP) is 1.22. The third-order valence-corrected chi connectivity index (χ3v) is 2.37. The van der Waals surface area contributed by atoms with Crippen LogP contribution in [0.5, 0.6) is 0 Å². The molecule has 1 heterocycles. The summed E-state index contributed by atoms with van der Waals surface area (Å²) in [6, 6.07) is 7.33. The molecule has 0 aliphatic rings. The first-order valence-corrected chi connectivity index (χ1v) is 4.56. The fraction of sp³-hybridized carbons (Fsp3) is 0.0909. The molecule has 4 nitrogen and oxygen atoms in total. The summed E-state index contributed by atoms with van der Waals surface area (Å²) in [5, 5.41) is 1.52. The van der Waals surface area contributed by atoms with Crippen molar-refractivity contribution >= 4 is 22.5 Å². The lowest BCUT2D eigenvalue weighted by Crippen LogP contribution is -2.15. The minimum atomic E-state index is -0.476. The van der Waals surface area contributed by atoms with Crippen molar-refractivity contribution < 1.29 is 4.79 Å². The largest absolute Gasteiger partial charge is 0.383 e. The quantitative estimate of drug-likeness (QED) is 0.727. The van der Waals surface area contributed by atoms with Crippen molar-refractivity contribution in [2.24, 2.45) is 5.73 Å². The summed E-state index contributed by atoms with van der Waals surface area (Å²) < 4.78 is 0. The molecule has 2 aromatic rings. The summed E-state index contributed by atoms with van der Waals surface area (Å²) in [5.41, 5.74) is 12.1. The number of fused-ring (bicyclic) bond motifs is 1. The number of rotatable bonds is 1. The van der Waals surface area contributed by atoms with Gasteiger partial charge in [-0.25, -0.2) is 4.98 Å². The van der Waals surface area contributed by atoms with Crippen molar-refractivity contribution in [1.29, 1.82) is 0 Å². The van der Waals surface area contributed by atoms with E-state index in [9.17, 15) is 4.79 Å². The number of hydrogen-bond acceptors (Lipinski definition) is 3. The molecule has 0 fully saturated rings. The first kappa shape index (κ1) is 9.45. The number of anilines is 1. The average Bonchev–Trinajstić information content (AvgIpc) is 2.17. The average molecular weight is 201 g/mol. The number of primary amides is 1. The van der Waals surface area contributed by atoms with Gasteiger partial charge >= 0.3 is 0 Å². The van der Waals surface area contributed by atoms with Gasteiger partial charge in [-0.15, -0.1) is 0 Å². The number of carbonyl (C=O) groups is 1. The van der Waals surface area contributed by atoms with E-state index in [0.717, 1.165) is 10.8 Å². The Labute approximate surface area is 86.9 Å². The zero-order valence-corrected chi connectivity index (χ0v) is 8.32. The summed E-state index contributed by atoms with van der Waals surface area (Å²) in [6.45, 7) is 1.73. The van der Waals surface area contributed by atoms with E-state index >= 15 is 0 Å². The molecule has 0 radical (unpaired) electrons. The van der Waals surface area contributed by atoms with Crippen LogP contribution >= 0.6 is 0 Å². The zero-order chi connectivity index (χ0) is 11.0. The van der Waals surface area contributed by atoms with Gasteiger partial charge in [-0.3, -0.25) is 4.79 Å². The molecule has 0 atom stereocenters. The van der Waals surface area contributed by atoms with E-state index in [0.29, 0.717) is 17.1 Å². The van der Waals surface area contributed by atoms with Gasteiger partial charge in [-0.2, -0.15) is 0 Å². The third kappa shape index (κ3) is 1.40. The van der Waals surface area contributed by atoms with Crippen molar-refractivity contribution in [2.45, 2.75) is 6.92 Å². The van der Waals surface area contributed by atoms with E-state index in [1.165, 1.54) is 0 Å². The minimum absolute atomic E-state index is 0.424. The molecular formula is C11H11N3O. The summed E-state index contributed by atoms with van der Waals surface area (Å²) >= 11 is 0. The fourth-order valence-corrected chi connectivity index (χ4v) is 1.73. The third-order valence-electron chi connectivity index (χ3n) is 2.37. The van der Waals surface area contributed by atoms with E-state index < -0.39 is 5.91 Å². The highest BCUT2D eigenvalue weighted by atomic mass is 16.1. The molecule has 0 saturated carbocycles. The number of pyridine rings is 1. The lowest BCUT2D eigenvalue weighted by Gasteiger charge is -2.08. The minimum Gasteiger partial charge on any atom is -0.383 e. The highest BCUT2D eigenvalue weighted by Crippen LogP contribution is 2.24. The highest BCUT2D eigenvalue weighted by Gasteiger charge is 2.12.